The Labute approximate surface area is 109 Å². The zero-order valence-electron chi connectivity index (χ0n) is 10.1. The van der Waals surface area contributed by atoms with Crippen molar-refractivity contribution in [3.05, 3.63) is 23.8 Å². The van der Waals surface area contributed by atoms with E-state index < -0.39 is 12.0 Å². The van der Waals surface area contributed by atoms with Gasteiger partial charge in [0.15, 0.2) is 0 Å². The maximum Gasteiger partial charge on any atom is 0.325 e. The van der Waals surface area contributed by atoms with Gasteiger partial charge in [0.2, 0.25) is 5.91 Å². The van der Waals surface area contributed by atoms with Crippen LogP contribution in [0.15, 0.2) is 23.1 Å². The highest BCUT2D eigenvalue weighted by molar-refractivity contribution is 8.00. The first-order valence-corrected chi connectivity index (χ1v) is 6.46. The summed E-state index contributed by atoms with van der Waals surface area (Å²) in [6.45, 7) is 0. The van der Waals surface area contributed by atoms with Crippen molar-refractivity contribution in [1.29, 1.82) is 0 Å². The highest BCUT2D eigenvalue weighted by atomic mass is 32.2. The fraction of sp³-hybridized carbons (Fsp3) is 0.333. The molecule has 0 aromatic heterocycles. The Kier molecular flexibility index (Phi) is 3.58. The third-order valence-electron chi connectivity index (χ3n) is 2.94. The van der Waals surface area contributed by atoms with Crippen LogP contribution in [0, 0.1) is 0 Å². The monoisotopic (exact) mass is 266 g/mol. The number of likely N-dealkylation sites (N-methyl/N-ethyl adjacent to an activating group) is 1. The van der Waals surface area contributed by atoms with Gasteiger partial charge in [-0.25, -0.2) is 0 Å². The van der Waals surface area contributed by atoms with Crippen molar-refractivity contribution in [2.24, 2.45) is 0 Å². The molecule has 0 saturated carbocycles. The molecular formula is C12H14N2O3S. The number of anilines is 1. The molecule has 0 fully saturated rings. The fourth-order valence-corrected chi connectivity index (χ4v) is 2.95. The molecule has 5 nitrogen and oxygen atoms in total. The molecule has 1 atom stereocenters. The Balaban J connectivity index is 2.39. The van der Waals surface area contributed by atoms with Crippen molar-refractivity contribution in [2.45, 2.75) is 10.9 Å². The average molecular weight is 266 g/mol. The van der Waals surface area contributed by atoms with Crippen LogP contribution in [-0.2, 0) is 9.59 Å². The smallest absolute Gasteiger partial charge is 0.325 e. The Morgan fingerprint density at radius 1 is 1.56 bits per heavy atom. The Bertz CT molecular complexity index is 504. The molecule has 1 aromatic rings. The second-order valence-corrected chi connectivity index (χ2v) is 5.05. The summed E-state index contributed by atoms with van der Waals surface area (Å²) in [5, 5.41) is 11.8. The predicted octanol–water partition coefficient (Wildman–Crippen LogP) is 1.10. The number of rotatable bonds is 3. The minimum atomic E-state index is -0.914. The summed E-state index contributed by atoms with van der Waals surface area (Å²) in [6.07, 6.45) is 0. The standard InChI is InChI=1S/C12H14N2O3S/c1-13-11(12(16)17)7-3-4-8-9(5-7)18-6-10(15)14(8)2/h3-5,11,13H,6H2,1-2H3,(H,16,17). The number of thioether (sulfide) groups is 1. The van der Waals surface area contributed by atoms with Crippen molar-refractivity contribution in [3.63, 3.8) is 0 Å². The third-order valence-corrected chi connectivity index (χ3v) is 3.97. The number of carbonyl (C=O) groups is 2. The molecule has 6 heteroatoms. The number of nitrogens with one attached hydrogen (secondary N) is 1. The molecule has 2 N–H and O–H groups in total. The molecule has 96 valence electrons. The molecule has 0 bridgehead atoms. The number of fused-ring (bicyclic) bond motifs is 1. The van der Waals surface area contributed by atoms with Crippen LogP contribution in [0.1, 0.15) is 11.6 Å². The van der Waals surface area contributed by atoms with Gasteiger partial charge < -0.3 is 15.3 Å². The quantitative estimate of drug-likeness (QED) is 0.857. The number of carbonyl (C=O) groups excluding carboxylic acids is 1. The lowest BCUT2D eigenvalue weighted by Gasteiger charge is -2.26. The first kappa shape index (κ1) is 12.9. The van der Waals surface area contributed by atoms with Gasteiger partial charge in [-0.2, -0.15) is 0 Å². The summed E-state index contributed by atoms with van der Waals surface area (Å²) in [6, 6.07) is 4.64. The molecule has 1 heterocycles. The summed E-state index contributed by atoms with van der Waals surface area (Å²) in [4.78, 5) is 25.2. The lowest BCUT2D eigenvalue weighted by atomic mass is 10.1. The van der Waals surface area contributed by atoms with Gasteiger partial charge in [0.1, 0.15) is 6.04 Å². The molecule has 1 aliphatic heterocycles. The minimum Gasteiger partial charge on any atom is -0.480 e. The van der Waals surface area contributed by atoms with Crippen molar-refractivity contribution in [1.82, 2.24) is 5.32 Å². The van der Waals surface area contributed by atoms with Crippen LogP contribution in [0.2, 0.25) is 0 Å². The van der Waals surface area contributed by atoms with Crippen LogP contribution in [0.25, 0.3) is 0 Å². The fourth-order valence-electron chi connectivity index (χ4n) is 1.91. The summed E-state index contributed by atoms with van der Waals surface area (Å²) >= 11 is 1.44. The van der Waals surface area contributed by atoms with Gasteiger partial charge in [0.05, 0.1) is 11.4 Å². The van der Waals surface area contributed by atoms with E-state index >= 15 is 0 Å². The summed E-state index contributed by atoms with van der Waals surface area (Å²) in [7, 11) is 3.34. The molecular weight excluding hydrogens is 252 g/mol. The summed E-state index contributed by atoms with van der Waals surface area (Å²) < 4.78 is 0. The number of aliphatic carboxylic acids is 1. The van der Waals surface area contributed by atoms with E-state index in [0.29, 0.717) is 11.3 Å². The maximum absolute atomic E-state index is 11.5. The number of hydrogen-bond donors (Lipinski definition) is 2. The van der Waals surface area contributed by atoms with E-state index in [1.165, 1.54) is 11.8 Å². The molecule has 1 unspecified atom stereocenters. The van der Waals surface area contributed by atoms with Crippen molar-refractivity contribution in [3.8, 4) is 0 Å². The second-order valence-electron chi connectivity index (χ2n) is 4.03. The molecule has 0 aliphatic carbocycles. The summed E-state index contributed by atoms with van der Waals surface area (Å²) in [5.74, 6) is -0.462. The molecule has 1 aliphatic rings. The van der Waals surface area contributed by atoms with E-state index in [-0.39, 0.29) is 5.91 Å². The molecule has 0 spiro atoms. The van der Waals surface area contributed by atoms with Crippen molar-refractivity contribution in [2.75, 3.05) is 24.7 Å². The molecule has 18 heavy (non-hydrogen) atoms. The minimum absolute atomic E-state index is 0.0589. The predicted molar refractivity (Wildman–Crippen MR) is 70.0 cm³/mol. The van der Waals surface area contributed by atoms with Crippen LogP contribution in [-0.4, -0.2) is 36.8 Å². The third kappa shape index (κ3) is 2.21. The van der Waals surface area contributed by atoms with Gasteiger partial charge >= 0.3 is 5.97 Å². The largest absolute Gasteiger partial charge is 0.480 e. The number of carboxylic acid groups (broad SMARTS) is 1. The number of nitrogens with zero attached hydrogens (tertiary/aromatic N) is 1. The van der Waals surface area contributed by atoms with Crippen molar-refractivity contribution < 1.29 is 14.7 Å². The zero-order valence-corrected chi connectivity index (χ0v) is 11.0. The Morgan fingerprint density at radius 2 is 2.28 bits per heavy atom. The molecule has 1 amide bonds. The van der Waals surface area contributed by atoms with Crippen LogP contribution >= 0.6 is 11.8 Å². The zero-order chi connectivity index (χ0) is 13.3. The van der Waals surface area contributed by atoms with Crippen LogP contribution in [0.4, 0.5) is 5.69 Å². The van der Waals surface area contributed by atoms with Crippen LogP contribution in [0.5, 0.6) is 0 Å². The number of carboxylic acids is 1. The average Bonchev–Trinajstić information content (AvgIpc) is 2.34. The maximum atomic E-state index is 11.5. The van der Waals surface area contributed by atoms with Crippen molar-refractivity contribution >= 4 is 29.3 Å². The Morgan fingerprint density at radius 3 is 2.89 bits per heavy atom. The van der Waals surface area contributed by atoms with Crippen LogP contribution in [0.3, 0.4) is 0 Å². The van der Waals surface area contributed by atoms with Gasteiger partial charge in [-0.1, -0.05) is 6.07 Å². The molecule has 2 rings (SSSR count). The van der Waals surface area contributed by atoms with E-state index in [1.54, 1.807) is 31.1 Å². The second kappa shape index (κ2) is 4.99. The lowest BCUT2D eigenvalue weighted by Crippen LogP contribution is -2.31. The number of hydrogen-bond acceptors (Lipinski definition) is 4. The Hall–Kier alpha value is -1.53. The first-order chi connectivity index (χ1) is 8.54. The number of amides is 1. The molecule has 0 radical (unpaired) electrons. The normalized spacial score (nSPS) is 16.3. The van der Waals surface area contributed by atoms with E-state index in [2.05, 4.69) is 5.32 Å². The van der Waals surface area contributed by atoms with E-state index in [9.17, 15) is 9.59 Å². The van der Waals surface area contributed by atoms with E-state index in [4.69, 9.17) is 5.11 Å². The van der Waals surface area contributed by atoms with Gasteiger partial charge in [-0.05, 0) is 24.7 Å². The molecule has 1 aromatic carbocycles. The van der Waals surface area contributed by atoms with Gasteiger partial charge in [-0.15, -0.1) is 11.8 Å². The summed E-state index contributed by atoms with van der Waals surface area (Å²) in [5.41, 5.74) is 1.53. The first-order valence-electron chi connectivity index (χ1n) is 5.48. The number of benzene rings is 1. The topological polar surface area (TPSA) is 69.6 Å². The van der Waals surface area contributed by atoms with E-state index in [0.717, 1.165) is 10.6 Å². The highest BCUT2D eigenvalue weighted by Crippen LogP contribution is 2.36. The van der Waals surface area contributed by atoms with Gasteiger partial charge in [0.25, 0.3) is 0 Å². The van der Waals surface area contributed by atoms with Gasteiger partial charge in [0, 0.05) is 11.9 Å². The lowest BCUT2D eigenvalue weighted by molar-refractivity contribution is -0.139. The highest BCUT2D eigenvalue weighted by Gasteiger charge is 2.24. The van der Waals surface area contributed by atoms with E-state index in [1.807, 2.05) is 6.07 Å². The SMILES string of the molecule is CNC(C(=O)O)c1ccc2c(c1)SCC(=O)N2C. The van der Waals surface area contributed by atoms with Gasteiger partial charge in [-0.3, -0.25) is 9.59 Å². The van der Waals surface area contributed by atoms with Crippen LogP contribution < -0.4 is 10.2 Å². The molecule has 0 saturated heterocycles.